The topological polar surface area (TPSA) is 95.3 Å². The highest BCUT2D eigenvalue weighted by atomic mass is 16.5. The van der Waals surface area contributed by atoms with Gasteiger partial charge in [0.2, 0.25) is 0 Å². The Hall–Kier alpha value is -2.04. The molecule has 1 aromatic carbocycles. The number of hydrogen-bond donors (Lipinski definition) is 1. The predicted octanol–water partition coefficient (Wildman–Crippen LogP) is 2.60. The number of rotatable bonds is 6. The third-order valence-corrected chi connectivity index (χ3v) is 2.42. The highest BCUT2D eigenvalue weighted by Crippen LogP contribution is 2.22. The molecule has 0 aliphatic carbocycles. The lowest BCUT2D eigenvalue weighted by atomic mass is 10.0. The molecule has 0 bridgehead atoms. The van der Waals surface area contributed by atoms with Gasteiger partial charge < -0.3 is 9.84 Å². The minimum Gasteiger partial charge on any atom is -0.463 e. The summed E-state index contributed by atoms with van der Waals surface area (Å²) in [5.74, 6) is -0.610. The maximum atomic E-state index is 11.7. The molecule has 0 aliphatic rings. The van der Waals surface area contributed by atoms with Gasteiger partial charge in [-0.3, -0.25) is 0 Å². The molecule has 1 N–H and O–H groups in total. The lowest BCUT2D eigenvalue weighted by Crippen LogP contribution is -2.29. The second kappa shape index (κ2) is 7.41. The number of carbonyl (C=O) groups is 1. The Balaban J connectivity index is 2.82. The zero-order valence-corrected chi connectivity index (χ0v) is 10.9. The Morgan fingerprint density at radius 1 is 1.42 bits per heavy atom. The monoisotopic (exact) mass is 263 g/mol. The van der Waals surface area contributed by atoms with Crippen molar-refractivity contribution in [3.05, 3.63) is 46.3 Å². The number of nitrogens with zero attached hydrogens (tertiary/aromatic N) is 3. The molecule has 1 aromatic rings. The normalized spacial score (nSPS) is 13.5. The number of benzene rings is 1. The van der Waals surface area contributed by atoms with Crippen molar-refractivity contribution in [1.82, 2.24) is 0 Å². The van der Waals surface area contributed by atoms with Crippen molar-refractivity contribution in [3.63, 3.8) is 0 Å². The smallest absolute Gasteiger partial charge is 0.335 e. The molecule has 0 spiro atoms. The van der Waals surface area contributed by atoms with Gasteiger partial charge in [0, 0.05) is 4.91 Å². The van der Waals surface area contributed by atoms with Gasteiger partial charge in [-0.2, -0.15) is 0 Å². The summed E-state index contributed by atoms with van der Waals surface area (Å²) in [5.41, 5.74) is 9.11. The van der Waals surface area contributed by atoms with Crippen LogP contribution in [-0.2, 0) is 9.53 Å². The first kappa shape index (κ1) is 15.0. The van der Waals surface area contributed by atoms with Crippen molar-refractivity contribution in [2.24, 2.45) is 11.0 Å². The van der Waals surface area contributed by atoms with Crippen LogP contribution < -0.4 is 0 Å². The number of ether oxygens (including phenoxy) is 1. The first-order chi connectivity index (χ1) is 9.06. The molecule has 6 heteroatoms. The molecular weight excluding hydrogens is 246 g/mol. The Kier molecular flexibility index (Phi) is 5.85. The highest BCUT2D eigenvalue weighted by molar-refractivity contribution is 5.75. The van der Waals surface area contributed by atoms with Gasteiger partial charge in [-0.15, -0.1) is 0 Å². The average Bonchev–Trinajstić information content (AvgIpc) is 2.42. The van der Waals surface area contributed by atoms with E-state index in [1.54, 1.807) is 30.3 Å². The SMILES string of the molecule is CC(C)COC(=O)[C@@H](O)[C@@H](N=[N+]=[N-])c1ccccc1. The predicted molar refractivity (Wildman–Crippen MR) is 70.1 cm³/mol. The zero-order chi connectivity index (χ0) is 14.3. The van der Waals surface area contributed by atoms with Crippen LogP contribution in [0, 0.1) is 5.92 Å². The summed E-state index contributed by atoms with van der Waals surface area (Å²) in [6.45, 7) is 4.00. The van der Waals surface area contributed by atoms with Gasteiger partial charge in [0.25, 0.3) is 0 Å². The number of esters is 1. The van der Waals surface area contributed by atoms with Crippen LogP contribution >= 0.6 is 0 Å². The quantitative estimate of drug-likeness (QED) is 0.370. The molecule has 0 aliphatic heterocycles. The van der Waals surface area contributed by atoms with Gasteiger partial charge in [0.15, 0.2) is 6.10 Å². The number of aliphatic hydroxyl groups excluding tert-OH is 1. The Morgan fingerprint density at radius 3 is 2.58 bits per heavy atom. The second-order valence-corrected chi connectivity index (χ2v) is 4.53. The third kappa shape index (κ3) is 4.62. The van der Waals surface area contributed by atoms with E-state index in [9.17, 15) is 9.90 Å². The fourth-order valence-electron chi connectivity index (χ4n) is 1.48. The number of hydrogen-bond acceptors (Lipinski definition) is 4. The number of carbonyl (C=O) groups excluding carboxylic acids is 1. The summed E-state index contributed by atoms with van der Waals surface area (Å²) in [6.07, 6.45) is -1.50. The van der Waals surface area contributed by atoms with Gasteiger partial charge >= 0.3 is 5.97 Å². The molecule has 0 radical (unpaired) electrons. The van der Waals surface area contributed by atoms with Crippen LogP contribution in [0.3, 0.4) is 0 Å². The molecule has 102 valence electrons. The molecule has 0 saturated heterocycles. The van der Waals surface area contributed by atoms with E-state index in [1.165, 1.54) is 0 Å². The fraction of sp³-hybridized carbons (Fsp3) is 0.462. The van der Waals surface area contributed by atoms with Crippen LogP contribution in [-0.4, -0.2) is 23.8 Å². The Labute approximate surface area is 111 Å². The van der Waals surface area contributed by atoms with Crippen molar-refractivity contribution >= 4 is 5.97 Å². The van der Waals surface area contributed by atoms with Crippen molar-refractivity contribution in [3.8, 4) is 0 Å². The van der Waals surface area contributed by atoms with Gasteiger partial charge in [-0.25, -0.2) is 4.79 Å². The van der Waals surface area contributed by atoms with Crippen LogP contribution in [0.2, 0.25) is 0 Å². The van der Waals surface area contributed by atoms with Crippen molar-refractivity contribution in [2.75, 3.05) is 6.61 Å². The number of aliphatic hydroxyl groups is 1. The third-order valence-electron chi connectivity index (χ3n) is 2.42. The molecule has 6 nitrogen and oxygen atoms in total. The Bertz CT molecular complexity index is 455. The summed E-state index contributed by atoms with van der Waals surface area (Å²) in [5, 5.41) is 13.4. The molecule has 0 aromatic heterocycles. The fourth-order valence-corrected chi connectivity index (χ4v) is 1.48. The Morgan fingerprint density at radius 2 is 2.05 bits per heavy atom. The molecular formula is C13H17N3O3. The molecule has 0 unspecified atom stereocenters. The highest BCUT2D eigenvalue weighted by Gasteiger charge is 2.28. The number of azide groups is 1. The molecule has 1 rings (SSSR count). The average molecular weight is 263 g/mol. The van der Waals surface area contributed by atoms with E-state index in [0.29, 0.717) is 5.56 Å². The largest absolute Gasteiger partial charge is 0.463 e. The maximum Gasteiger partial charge on any atom is 0.335 e. The van der Waals surface area contributed by atoms with E-state index in [-0.39, 0.29) is 12.5 Å². The zero-order valence-electron chi connectivity index (χ0n) is 10.9. The minimum atomic E-state index is -1.50. The van der Waals surface area contributed by atoms with Crippen LogP contribution in [0.5, 0.6) is 0 Å². The van der Waals surface area contributed by atoms with E-state index in [2.05, 4.69) is 10.0 Å². The van der Waals surface area contributed by atoms with Gasteiger partial charge in [0.05, 0.1) is 12.6 Å². The van der Waals surface area contributed by atoms with Crippen LogP contribution in [0.25, 0.3) is 10.4 Å². The van der Waals surface area contributed by atoms with Crippen molar-refractivity contribution in [2.45, 2.75) is 26.0 Å². The van der Waals surface area contributed by atoms with Crippen molar-refractivity contribution < 1.29 is 14.6 Å². The standard InChI is InChI=1S/C13H17N3O3/c1-9(2)8-19-13(18)12(17)11(15-16-14)10-6-4-3-5-7-10/h3-7,9,11-12,17H,8H2,1-2H3/t11-,12-/m0/s1. The van der Waals surface area contributed by atoms with Gasteiger partial charge in [0.1, 0.15) is 0 Å². The van der Waals surface area contributed by atoms with Gasteiger partial charge in [-0.05, 0) is 17.0 Å². The van der Waals surface area contributed by atoms with E-state index in [4.69, 9.17) is 10.3 Å². The summed E-state index contributed by atoms with van der Waals surface area (Å²) in [6, 6.07) is 7.64. The van der Waals surface area contributed by atoms with Crippen LogP contribution in [0.4, 0.5) is 0 Å². The molecule has 2 atom stereocenters. The van der Waals surface area contributed by atoms with Crippen molar-refractivity contribution in [1.29, 1.82) is 0 Å². The first-order valence-corrected chi connectivity index (χ1v) is 6.00. The summed E-state index contributed by atoms with van der Waals surface area (Å²) < 4.78 is 4.94. The molecule has 0 saturated carbocycles. The summed E-state index contributed by atoms with van der Waals surface area (Å²) >= 11 is 0. The lowest BCUT2D eigenvalue weighted by molar-refractivity contribution is -0.155. The van der Waals surface area contributed by atoms with E-state index < -0.39 is 18.1 Å². The first-order valence-electron chi connectivity index (χ1n) is 6.00. The second-order valence-electron chi connectivity index (χ2n) is 4.53. The minimum absolute atomic E-state index is 0.172. The van der Waals surface area contributed by atoms with E-state index in [1.807, 2.05) is 13.8 Å². The summed E-state index contributed by atoms with van der Waals surface area (Å²) in [4.78, 5) is 14.3. The molecule has 0 amide bonds. The van der Waals surface area contributed by atoms with Crippen LogP contribution in [0.15, 0.2) is 35.4 Å². The van der Waals surface area contributed by atoms with Gasteiger partial charge in [-0.1, -0.05) is 49.3 Å². The van der Waals surface area contributed by atoms with E-state index in [0.717, 1.165) is 0 Å². The van der Waals surface area contributed by atoms with Crippen LogP contribution in [0.1, 0.15) is 25.5 Å². The summed E-state index contributed by atoms with van der Waals surface area (Å²) in [7, 11) is 0. The lowest BCUT2D eigenvalue weighted by Gasteiger charge is -2.18. The maximum absolute atomic E-state index is 11.7. The van der Waals surface area contributed by atoms with E-state index >= 15 is 0 Å². The molecule has 19 heavy (non-hydrogen) atoms. The molecule has 0 fully saturated rings. The molecule has 0 heterocycles.